The highest BCUT2D eigenvalue weighted by atomic mass is 35.5. The largest absolute Gasteiger partial charge is 0.301 e. The van der Waals surface area contributed by atoms with Crippen molar-refractivity contribution in [3.05, 3.63) is 35.5 Å². The number of aromatic nitrogens is 1. The SMILES string of the molecule is CCCN1CCN(CCNS(=O)(=O)c2ccc(Cl)c3ncccc23)CC1. The Bertz CT molecular complexity index is 851. The zero-order valence-electron chi connectivity index (χ0n) is 15.0. The van der Waals surface area contributed by atoms with E-state index >= 15 is 0 Å². The Morgan fingerprint density at radius 2 is 1.81 bits per heavy atom. The molecule has 3 rings (SSSR count). The van der Waals surface area contributed by atoms with E-state index in [1.807, 2.05) is 0 Å². The number of pyridine rings is 1. The standard InChI is InChI=1S/C18H25ClN4O2S/c1-2-9-22-11-13-23(14-12-22)10-8-21-26(24,25)17-6-5-16(19)18-15(17)4-3-7-20-18/h3-7,21H,2,8-14H2,1H3. The fourth-order valence-corrected chi connectivity index (χ4v) is 4.75. The number of benzene rings is 1. The first-order valence-electron chi connectivity index (χ1n) is 8.99. The molecule has 0 radical (unpaired) electrons. The third kappa shape index (κ3) is 4.53. The van der Waals surface area contributed by atoms with Crippen molar-refractivity contribution in [1.82, 2.24) is 19.5 Å². The summed E-state index contributed by atoms with van der Waals surface area (Å²) in [5, 5.41) is 0.991. The highest BCUT2D eigenvalue weighted by Crippen LogP contribution is 2.27. The van der Waals surface area contributed by atoms with E-state index in [1.54, 1.807) is 24.4 Å². The van der Waals surface area contributed by atoms with Crippen LogP contribution >= 0.6 is 11.6 Å². The highest BCUT2D eigenvalue weighted by Gasteiger charge is 2.20. The van der Waals surface area contributed by atoms with Gasteiger partial charge in [-0.3, -0.25) is 9.88 Å². The van der Waals surface area contributed by atoms with Crippen LogP contribution in [0.25, 0.3) is 10.9 Å². The Hall–Kier alpha value is -1.25. The van der Waals surface area contributed by atoms with Gasteiger partial charge in [-0.2, -0.15) is 0 Å². The Balaban J connectivity index is 1.61. The topological polar surface area (TPSA) is 65.5 Å². The molecule has 0 unspecified atom stereocenters. The van der Waals surface area contributed by atoms with Crippen LogP contribution in [0.4, 0.5) is 0 Å². The Kier molecular flexibility index (Phi) is 6.47. The molecule has 8 heteroatoms. The van der Waals surface area contributed by atoms with Crippen molar-refractivity contribution in [2.75, 3.05) is 45.8 Å². The van der Waals surface area contributed by atoms with Crippen LogP contribution in [0.15, 0.2) is 35.4 Å². The molecule has 0 atom stereocenters. The van der Waals surface area contributed by atoms with Crippen molar-refractivity contribution in [3.63, 3.8) is 0 Å². The summed E-state index contributed by atoms with van der Waals surface area (Å²) in [7, 11) is -3.61. The van der Waals surface area contributed by atoms with Gasteiger partial charge in [0.2, 0.25) is 10.0 Å². The predicted octanol–water partition coefficient (Wildman–Crippen LogP) is 2.19. The van der Waals surface area contributed by atoms with E-state index in [0.29, 0.717) is 29.0 Å². The molecule has 1 aromatic heterocycles. The van der Waals surface area contributed by atoms with E-state index in [4.69, 9.17) is 11.6 Å². The molecule has 142 valence electrons. The predicted molar refractivity (Wildman–Crippen MR) is 105 cm³/mol. The summed E-state index contributed by atoms with van der Waals surface area (Å²) < 4.78 is 28.2. The normalized spacial score (nSPS) is 17.0. The average Bonchev–Trinajstić information content (AvgIpc) is 2.63. The summed E-state index contributed by atoms with van der Waals surface area (Å²) in [5.74, 6) is 0. The van der Waals surface area contributed by atoms with Crippen LogP contribution in [-0.4, -0.2) is 69.0 Å². The fraction of sp³-hybridized carbons (Fsp3) is 0.500. The van der Waals surface area contributed by atoms with Gasteiger partial charge in [-0.15, -0.1) is 0 Å². The second-order valence-corrected chi connectivity index (χ2v) is 8.67. The first-order valence-corrected chi connectivity index (χ1v) is 10.8. The van der Waals surface area contributed by atoms with Crippen LogP contribution in [0.1, 0.15) is 13.3 Å². The maximum absolute atomic E-state index is 12.7. The van der Waals surface area contributed by atoms with Gasteiger partial charge in [0.1, 0.15) is 0 Å². The molecule has 1 saturated heterocycles. The van der Waals surface area contributed by atoms with Crippen molar-refractivity contribution >= 4 is 32.5 Å². The molecule has 1 N–H and O–H groups in total. The van der Waals surface area contributed by atoms with Crippen molar-refractivity contribution in [1.29, 1.82) is 0 Å². The quantitative estimate of drug-likeness (QED) is 0.777. The minimum Gasteiger partial charge on any atom is -0.301 e. The van der Waals surface area contributed by atoms with E-state index in [2.05, 4.69) is 26.4 Å². The molecule has 1 aliphatic rings. The molecular weight excluding hydrogens is 372 g/mol. The van der Waals surface area contributed by atoms with Crippen LogP contribution in [0.5, 0.6) is 0 Å². The zero-order valence-corrected chi connectivity index (χ0v) is 16.6. The molecule has 26 heavy (non-hydrogen) atoms. The smallest absolute Gasteiger partial charge is 0.241 e. The molecule has 1 fully saturated rings. The minimum atomic E-state index is -3.61. The summed E-state index contributed by atoms with van der Waals surface area (Å²) in [4.78, 5) is 9.17. The number of halogens is 1. The van der Waals surface area contributed by atoms with Gasteiger partial charge >= 0.3 is 0 Å². The van der Waals surface area contributed by atoms with Crippen LogP contribution in [-0.2, 0) is 10.0 Å². The van der Waals surface area contributed by atoms with E-state index in [9.17, 15) is 8.42 Å². The molecule has 0 aliphatic carbocycles. The first kappa shape index (κ1) is 19.5. The lowest BCUT2D eigenvalue weighted by Crippen LogP contribution is -2.48. The summed E-state index contributed by atoms with van der Waals surface area (Å²) >= 11 is 6.13. The number of nitrogens with zero attached hydrogens (tertiary/aromatic N) is 3. The molecule has 2 heterocycles. The Labute approximate surface area is 160 Å². The van der Waals surface area contributed by atoms with Gasteiger partial charge in [-0.1, -0.05) is 18.5 Å². The number of piperazine rings is 1. The number of hydrogen-bond acceptors (Lipinski definition) is 5. The third-order valence-corrected chi connectivity index (χ3v) is 6.52. The summed E-state index contributed by atoms with van der Waals surface area (Å²) in [6, 6.07) is 6.57. The summed E-state index contributed by atoms with van der Waals surface area (Å²) in [6.45, 7) is 8.49. The monoisotopic (exact) mass is 396 g/mol. The van der Waals surface area contributed by atoms with Gasteiger partial charge in [-0.25, -0.2) is 13.1 Å². The lowest BCUT2D eigenvalue weighted by Gasteiger charge is -2.34. The zero-order chi connectivity index (χ0) is 18.6. The molecule has 0 saturated carbocycles. The number of fused-ring (bicyclic) bond motifs is 1. The first-order chi connectivity index (χ1) is 12.5. The molecular formula is C18H25ClN4O2S. The van der Waals surface area contributed by atoms with Crippen LogP contribution < -0.4 is 4.72 Å². The van der Waals surface area contributed by atoms with Crippen molar-refractivity contribution in [3.8, 4) is 0 Å². The average molecular weight is 397 g/mol. The molecule has 0 bridgehead atoms. The number of nitrogens with one attached hydrogen (secondary N) is 1. The second kappa shape index (κ2) is 8.63. The molecule has 0 amide bonds. The van der Waals surface area contributed by atoms with E-state index in [-0.39, 0.29) is 4.90 Å². The molecule has 1 aliphatic heterocycles. The van der Waals surface area contributed by atoms with Gasteiger partial charge in [-0.05, 0) is 37.2 Å². The van der Waals surface area contributed by atoms with E-state index in [0.717, 1.165) is 32.7 Å². The van der Waals surface area contributed by atoms with Gasteiger partial charge in [0.25, 0.3) is 0 Å². The lowest BCUT2D eigenvalue weighted by molar-refractivity contribution is 0.134. The molecule has 2 aromatic rings. The van der Waals surface area contributed by atoms with E-state index in [1.165, 1.54) is 12.5 Å². The van der Waals surface area contributed by atoms with Crippen LogP contribution in [0.2, 0.25) is 5.02 Å². The summed E-state index contributed by atoms with van der Waals surface area (Å²) in [5.41, 5.74) is 0.504. The minimum absolute atomic E-state index is 0.220. The summed E-state index contributed by atoms with van der Waals surface area (Å²) in [6.07, 6.45) is 2.78. The molecule has 0 spiro atoms. The van der Waals surface area contributed by atoms with E-state index < -0.39 is 10.0 Å². The highest BCUT2D eigenvalue weighted by molar-refractivity contribution is 7.89. The number of rotatable bonds is 7. The maximum Gasteiger partial charge on any atom is 0.241 e. The van der Waals surface area contributed by atoms with Crippen molar-refractivity contribution in [2.45, 2.75) is 18.2 Å². The molecule has 1 aromatic carbocycles. The number of hydrogen-bond donors (Lipinski definition) is 1. The van der Waals surface area contributed by atoms with Gasteiger partial charge in [0.15, 0.2) is 0 Å². The molecule has 6 nitrogen and oxygen atoms in total. The fourth-order valence-electron chi connectivity index (χ4n) is 3.31. The second-order valence-electron chi connectivity index (χ2n) is 6.53. The van der Waals surface area contributed by atoms with Gasteiger partial charge in [0, 0.05) is 50.9 Å². The van der Waals surface area contributed by atoms with Crippen molar-refractivity contribution < 1.29 is 8.42 Å². The number of sulfonamides is 1. The maximum atomic E-state index is 12.7. The van der Waals surface area contributed by atoms with Gasteiger partial charge in [0.05, 0.1) is 15.4 Å². The van der Waals surface area contributed by atoms with Gasteiger partial charge < -0.3 is 4.90 Å². The third-order valence-electron chi connectivity index (χ3n) is 4.69. The van der Waals surface area contributed by atoms with Crippen LogP contribution in [0, 0.1) is 0 Å². The van der Waals surface area contributed by atoms with Crippen molar-refractivity contribution in [2.24, 2.45) is 0 Å². The lowest BCUT2D eigenvalue weighted by atomic mass is 10.2. The Morgan fingerprint density at radius 1 is 1.12 bits per heavy atom. The van der Waals surface area contributed by atoms with Crippen LogP contribution in [0.3, 0.4) is 0 Å². The Morgan fingerprint density at radius 3 is 2.50 bits per heavy atom.